The SMILES string of the molecule is CCN(CC)c1cc(Nc2ccc(NS(=O)(=O)c3ccc(C)cc3)cc2)nc(C)n1. The summed E-state index contributed by atoms with van der Waals surface area (Å²) in [5, 5.41) is 3.26. The van der Waals surface area contributed by atoms with Crippen LogP contribution in [0.2, 0.25) is 0 Å². The lowest BCUT2D eigenvalue weighted by Gasteiger charge is -2.20. The van der Waals surface area contributed by atoms with Gasteiger partial charge >= 0.3 is 0 Å². The molecule has 0 saturated heterocycles. The minimum Gasteiger partial charge on any atom is -0.357 e. The lowest BCUT2D eigenvalue weighted by Crippen LogP contribution is -2.23. The Labute approximate surface area is 178 Å². The molecule has 0 aliphatic carbocycles. The van der Waals surface area contributed by atoms with Crippen molar-refractivity contribution in [3.05, 3.63) is 66.0 Å². The standard InChI is InChI=1S/C22H27N5O2S/c1-5-27(6-2)22-15-21(23-17(4)24-22)25-18-9-11-19(12-10-18)26-30(28,29)20-13-7-16(3)8-14-20/h7-15,26H,5-6H2,1-4H3,(H,23,24,25). The molecule has 158 valence electrons. The summed E-state index contributed by atoms with van der Waals surface area (Å²) in [5.41, 5.74) is 2.30. The van der Waals surface area contributed by atoms with Gasteiger partial charge in [-0.15, -0.1) is 0 Å². The third kappa shape index (κ3) is 5.27. The first-order valence-electron chi connectivity index (χ1n) is 9.88. The number of anilines is 4. The minimum atomic E-state index is -3.63. The first-order valence-corrected chi connectivity index (χ1v) is 11.4. The summed E-state index contributed by atoms with van der Waals surface area (Å²) in [4.78, 5) is 11.3. The molecule has 0 bridgehead atoms. The van der Waals surface area contributed by atoms with Crippen molar-refractivity contribution in [3.8, 4) is 0 Å². The summed E-state index contributed by atoms with van der Waals surface area (Å²) < 4.78 is 27.7. The zero-order valence-corrected chi connectivity index (χ0v) is 18.5. The van der Waals surface area contributed by atoms with Crippen LogP contribution in [0, 0.1) is 13.8 Å². The molecule has 0 aliphatic heterocycles. The van der Waals surface area contributed by atoms with E-state index in [0.29, 0.717) is 17.3 Å². The smallest absolute Gasteiger partial charge is 0.261 e. The molecule has 0 saturated carbocycles. The molecule has 3 aromatic rings. The second-order valence-electron chi connectivity index (χ2n) is 6.95. The number of aryl methyl sites for hydroxylation is 2. The molecular formula is C22H27N5O2S. The largest absolute Gasteiger partial charge is 0.357 e. The number of rotatable bonds is 8. The topological polar surface area (TPSA) is 87.2 Å². The van der Waals surface area contributed by atoms with Crippen LogP contribution in [0.5, 0.6) is 0 Å². The lowest BCUT2D eigenvalue weighted by molar-refractivity contribution is 0.601. The van der Waals surface area contributed by atoms with E-state index in [0.717, 1.165) is 30.2 Å². The van der Waals surface area contributed by atoms with Crippen LogP contribution in [0.4, 0.5) is 23.0 Å². The zero-order valence-electron chi connectivity index (χ0n) is 17.7. The van der Waals surface area contributed by atoms with Crippen molar-refractivity contribution in [1.29, 1.82) is 0 Å². The Hall–Kier alpha value is -3.13. The molecule has 2 aromatic carbocycles. The van der Waals surface area contributed by atoms with Crippen LogP contribution in [0.3, 0.4) is 0 Å². The summed E-state index contributed by atoms with van der Waals surface area (Å²) >= 11 is 0. The maximum atomic E-state index is 12.5. The second kappa shape index (κ2) is 9.13. The molecule has 0 aliphatic rings. The molecule has 0 fully saturated rings. The van der Waals surface area contributed by atoms with Gasteiger partial charge in [0.25, 0.3) is 10.0 Å². The average molecular weight is 426 g/mol. The molecule has 0 unspecified atom stereocenters. The fourth-order valence-corrected chi connectivity index (χ4v) is 4.09. The van der Waals surface area contributed by atoms with Crippen LogP contribution >= 0.6 is 0 Å². The highest BCUT2D eigenvalue weighted by Crippen LogP contribution is 2.23. The van der Waals surface area contributed by atoms with Crippen LogP contribution in [0.1, 0.15) is 25.2 Å². The van der Waals surface area contributed by atoms with Gasteiger partial charge in [-0.05, 0) is 64.1 Å². The van der Waals surface area contributed by atoms with E-state index in [2.05, 4.69) is 38.8 Å². The summed E-state index contributed by atoms with van der Waals surface area (Å²) in [6.45, 7) is 9.68. The molecule has 7 nitrogen and oxygen atoms in total. The van der Waals surface area contributed by atoms with Gasteiger partial charge in [-0.2, -0.15) is 0 Å². The quantitative estimate of drug-likeness (QED) is 0.553. The van der Waals surface area contributed by atoms with Crippen molar-refractivity contribution in [1.82, 2.24) is 9.97 Å². The van der Waals surface area contributed by atoms with E-state index in [9.17, 15) is 8.42 Å². The highest BCUT2D eigenvalue weighted by Gasteiger charge is 2.14. The molecule has 0 spiro atoms. The van der Waals surface area contributed by atoms with E-state index in [-0.39, 0.29) is 4.90 Å². The summed E-state index contributed by atoms with van der Waals surface area (Å²) in [6.07, 6.45) is 0. The van der Waals surface area contributed by atoms with Gasteiger partial charge in [-0.3, -0.25) is 4.72 Å². The number of hydrogen-bond acceptors (Lipinski definition) is 6. The van der Waals surface area contributed by atoms with Gasteiger partial charge < -0.3 is 10.2 Å². The van der Waals surface area contributed by atoms with Gasteiger partial charge in [0.15, 0.2) is 0 Å². The maximum Gasteiger partial charge on any atom is 0.261 e. The average Bonchev–Trinajstić information content (AvgIpc) is 2.70. The van der Waals surface area contributed by atoms with Crippen LogP contribution < -0.4 is 14.9 Å². The van der Waals surface area contributed by atoms with Gasteiger partial charge in [0.1, 0.15) is 17.5 Å². The molecule has 0 radical (unpaired) electrons. The number of benzene rings is 2. The Morgan fingerprint density at radius 2 is 1.47 bits per heavy atom. The molecular weight excluding hydrogens is 398 g/mol. The van der Waals surface area contributed by atoms with E-state index in [1.54, 1.807) is 36.4 Å². The van der Waals surface area contributed by atoms with Gasteiger partial charge in [-0.25, -0.2) is 18.4 Å². The first-order chi connectivity index (χ1) is 14.3. The number of aromatic nitrogens is 2. The van der Waals surface area contributed by atoms with Crippen LogP contribution in [0.15, 0.2) is 59.5 Å². The van der Waals surface area contributed by atoms with Gasteiger partial charge in [0.05, 0.1) is 4.90 Å². The van der Waals surface area contributed by atoms with E-state index in [1.165, 1.54) is 0 Å². The molecule has 8 heteroatoms. The van der Waals surface area contributed by atoms with Crippen LogP contribution in [0.25, 0.3) is 0 Å². The summed E-state index contributed by atoms with van der Waals surface area (Å²) in [6, 6.07) is 15.7. The lowest BCUT2D eigenvalue weighted by atomic mass is 10.2. The number of nitrogens with one attached hydrogen (secondary N) is 2. The highest BCUT2D eigenvalue weighted by atomic mass is 32.2. The van der Waals surface area contributed by atoms with Crippen molar-refractivity contribution in [3.63, 3.8) is 0 Å². The van der Waals surface area contributed by atoms with Crippen molar-refractivity contribution in [2.75, 3.05) is 28.0 Å². The Morgan fingerprint density at radius 3 is 2.07 bits per heavy atom. The van der Waals surface area contributed by atoms with Gasteiger partial charge in [0, 0.05) is 30.5 Å². The fourth-order valence-electron chi connectivity index (χ4n) is 3.03. The molecule has 30 heavy (non-hydrogen) atoms. The summed E-state index contributed by atoms with van der Waals surface area (Å²) in [5.74, 6) is 2.25. The first kappa shape index (κ1) is 21.6. The van der Waals surface area contributed by atoms with Gasteiger partial charge in [0.2, 0.25) is 0 Å². The van der Waals surface area contributed by atoms with Gasteiger partial charge in [-0.1, -0.05) is 17.7 Å². The van der Waals surface area contributed by atoms with Crippen molar-refractivity contribution >= 4 is 33.0 Å². The maximum absolute atomic E-state index is 12.5. The fraction of sp³-hybridized carbons (Fsp3) is 0.273. The molecule has 3 rings (SSSR count). The van der Waals surface area contributed by atoms with E-state index < -0.39 is 10.0 Å². The molecule has 1 heterocycles. The van der Waals surface area contributed by atoms with Crippen molar-refractivity contribution < 1.29 is 8.42 Å². The third-order valence-corrected chi connectivity index (χ3v) is 6.05. The highest BCUT2D eigenvalue weighted by molar-refractivity contribution is 7.92. The molecule has 0 amide bonds. The second-order valence-corrected chi connectivity index (χ2v) is 8.63. The third-order valence-electron chi connectivity index (χ3n) is 4.65. The predicted molar refractivity (Wildman–Crippen MR) is 122 cm³/mol. The minimum absolute atomic E-state index is 0.232. The predicted octanol–water partition coefficient (Wildman–Crippen LogP) is 4.48. The van der Waals surface area contributed by atoms with Crippen LogP contribution in [-0.4, -0.2) is 31.5 Å². The monoisotopic (exact) mass is 425 g/mol. The van der Waals surface area contributed by atoms with Crippen LogP contribution in [-0.2, 0) is 10.0 Å². The van der Waals surface area contributed by atoms with E-state index in [1.807, 2.05) is 32.0 Å². The van der Waals surface area contributed by atoms with Crippen molar-refractivity contribution in [2.45, 2.75) is 32.6 Å². The Balaban J connectivity index is 1.74. The van der Waals surface area contributed by atoms with Crippen molar-refractivity contribution in [2.24, 2.45) is 0 Å². The van der Waals surface area contributed by atoms with E-state index >= 15 is 0 Å². The molecule has 0 atom stereocenters. The Bertz CT molecular complexity index is 1090. The molecule has 2 N–H and O–H groups in total. The Morgan fingerprint density at radius 1 is 0.867 bits per heavy atom. The Kier molecular flexibility index (Phi) is 6.56. The van der Waals surface area contributed by atoms with E-state index in [4.69, 9.17) is 0 Å². The normalized spacial score (nSPS) is 11.2. The number of sulfonamides is 1. The summed E-state index contributed by atoms with van der Waals surface area (Å²) in [7, 11) is -3.63. The number of hydrogen-bond donors (Lipinski definition) is 2. The zero-order chi connectivity index (χ0) is 21.7. The number of nitrogens with zero attached hydrogens (tertiary/aromatic N) is 3. The molecule has 1 aromatic heterocycles.